The van der Waals surface area contributed by atoms with Crippen molar-refractivity contribution in [3.63, 3.8) is 0 Å². The number of aliphatic hydroxyl groups is 1. The molecule has 0 atom stereocenters. The van der Waals surface area contributed by atoms with Gasteiger partial charge in [-0.25, -0.2) is 23.4 Å². The summed E-state index contributed by atoms with van der Waals surface area (Å²) in [7, 11) is -3.77. The zero-order valence-corrected chi connectivity index (χ0v) is 15.1. The van der Waals surface area contributed by atoms with Crippen LogP contribution < -0.4 is 5.32 Å². The van der Waals surface area contributed by atoms with Gasteiger partial charge in [0, 0.05) is 5.39 Å². The standard InChI is InChI=1S/C17H14N4O3S2/c22-9-10-26(23,24)17-19-12-6-2-1-5-11(12)15(21-17)20-16-18-13-7-3-4-8-14(13)25-16/h1-8,22H,9-10H2,(H,18,19,20,21). The number of hydrogen-bond donors (Lipinski definition) is 2. The summed E-state index contributed by atoms with van der Waals surface area (Å²) in [6.07, 6.45) is 0. The van der Waals surface area contributed by atoms with Crippen LogP contribution in [0.25, 0.3) is 21.1 Å². The maximum atomic E-state index is 12.3. The molecule has 2 aromatic heterocycles. The molecule has 0 bridgehead atoms. The average molecular weight is 386 g/mol. The molecule has 4 rings (SSSR count). The van der Waals surface area contributed by atoms with Crippen LogP contribution in [-0.4, -0.2) is 40.8 Å². The number of rotatable bonds is 5. The Kier molecular flexibility index (Phi) is 4.27. The summed E-state index contributed by atoms with van der Waals surface area (Å²) in [5, 5.41) is 13.1. The number of nitrogens with zero attached hydrogens (tertiary/aromatic N) is 3. The molecule has 0 saturated heterocycles. The highest BCUT2D eigenvalue weighted by atomic mass is 32.2. The molecule has 0 aliphatic rings. The van der Waals surface area contributed by atoms with Crippen molar-refractivity contribution < 1.29 is 13.5 Å². The minimum absolute atomic E-state index is 0.311. The first-order valence-corrected chi connectivity index (χ1v) is 10.3. The Labute approximate surface area is 153 Å². The lowest BCUT2D eigenvalue weighted by Crippen LogP contribution is -2.14. The van der Waals surface area contributed by atoms with Crippen LogP contribution in [0.1, 0.15) is 0 Å². The summed E-state index contributed by atoms with van der Waals surface area (Å²) in [6.45, 7) is -0.487. The summed E-state index contributed by atoms with van der Waals surface area (Å²) in [5.41, 5.74) is 1.36. The van der Waals surface area contributed by atoms with Crippen molar-refractivity contribution in [2.45, 2.75) is 5.16 Å². The van der Waals surface area contributed by atoms with Crippen LogP contribution in [0.5, 0.6) is 0 Å². The Morgan fingerprint density at radius 3 is 2.46 bits per heavy atom. The Bertz CT molecular complexity index is 1170. The molecule has 4 aromatic rings. The van der Waals surface area contributed by atoms with E-state index < -0.39 is 22.2 Å². The molecule has 2 aromatic carbocycles. The van der Waals surface area contributed by atoms with Gasteiger partial charge in [-0.2, -0.15) is 0 Å². The zero-order valence-electron chi connectivity index (χ0n) is 13.5. The Hall–Kier alpha value is -2.62. The Morgan fingerprint density at radius 1 is 0.962 bits per heavy atom. The third-order valence-corrected chi connectivity index (χ3v) is 6.15. The second-order valence-electron chi connectivity index (χ2n) is 5.53. The molecule has 0 aliphatic carbocycles. The molecule has 0 spiro atoms. The predicted molar refractivity (Wildman–Crippen MR) is 102 cm³/mol. The van der Waals surface area contributed by atoms with Gasteiger partial charge in [-0.1, -0.05) is 35.6 Å². The van der Waals surface area contributed by atoms with E-state index in [1.165, 1.54) is 11.3 Å². The number of anilines is 2. The smallest absolute Gasteiger partial charge is 0.249 e. The van der Waals surface area contributed by atoms with E-state index in [2.05, 4.69) is 20.3 Å². The van der Waals surface area contributed by atoms with Crippen molar-refractivity contribution in [2.24, 2.45) is 0 Å². The molecule has 26 heavy (non-hydrogen) atoms. The summed E-state index contributed by atoms with van der Waals surface area (Å²) < 4.78 is 25.6. The lowest BCUT2D eigenvalue weighted by Gasteiger charge is -2.09. The van der Waals surface area contributed by atoms with E-state index in [-0.39, 0.29) is 5.16 Å². The molecule has 7 nitrogen and oxygen atoms in total. The Balaban J connectivity index is 1.84. The number of aliphatic hydroxyl groups excluding tert-OH is 1. The first-order valence-electron chi connectivity index (χ1n) is 7.80. The van der Waals surface area contributed by atoms with Crippen LogP contribution in [0, 0.1) is 0 Å². The Morgan fingerprint density at radius 2 is 1.69 bits per heavy atom. The molecule has 0 aliphatic heterocycles. The SMILES string of the molecule is O=S(=O)(CCO)c1nc(Nc2nc3ccccc3s2)c2ccccc2n1. The van der Waals surface area contributed by atoms with E-state index in [1.54, 1.807) is 12.1 Å². The topological polar surface area (TPSA) is 105 Å². The third kappa shape index (κ3) is 3.12. The van der Waals surface area contributed by atoms with Gasteiger partial charge in [0.05, 0.1) is 28.1 Å². The van der Waals surface area contributed by atoms with Crippen molar-refractivity contribution in [3.8, 4) is 0 Å². The number of sulfone groups is 1. The molecular formula is C17H14N4O3S2. The van der Waals surface area contributed by atoms with Gasteiger partial charge in [-0.3, -0.25) is 0 Å². The summed E-state index contributed by atoms with van der Waals surface area (Å²) in [4.78, 5) is 12.8. The molecule has 0 amide bonds. The van der Waals surface area contributed by atoms with E-state index in [4.69, 9.17) is 5.11 Å². The first-order chi connectivity index (χ1) is 12.6. The van der Waals surface area contributed by atoms with Gasteiger partial charge in [0.1, 0.15) is 5.82 Å². The van der Waals surface area contributed by atoms with Gasteiger partial charge in [0.15, 0.2) is 5.13 Å². The zero-order chi connectivity index (χ0) is 18.1. The molecule has 0 fully saturated rings. The summed E-state index contributed by atoms with van der Waals surface area (Å²) in [5.74, 6) is -0.0579. The average Bonchev–Trinajstić information content (AvgIpc) is 3.04. The maximum absolute atomic E-state index is 12.3. The van der Waals surface area contributed by atoms with Gasteiger partial charge < -0.3 is 10.4 Å². The van der Waals surface area contributed by atoms with E-state index in [1.807, 2.05) is 36.4 Å². The number of nitrogens with one attached hydrogen (secondary N) is 1. The quantitative estimate of drug-likeness (QED) is 0.508. The van der Waals surface area contributed by atoms with Crippen LogP contribution in [0.3, 0.4) is 0 Å². The predicted octanol–water partition coefficient (Wildman–Crippen LogP) is 2.75. The van der Waals surface area contributed by atoms with Crippen molar-refractivity contribution in [1.29, 1.82) is 0 Å². The second-order valence-corrected chi connectivity index (χ2v) is 8.56. The number of aromatic nitrogens is 3. The molecular weight excluding hydrogens is 372 g/mol. The van der Waals surface area contributed by atoms with Crippen LogP contribution in [0.2, 0.25) is 0 Å². The van der Waals surface area contributed by atoms with E-state index in [9.17, 15) is 8.42 Å². The van der Waals surface area contributed by atoms with Gasteiger partial charge in [0.2, 0.25) is 15.0 Å². The molecule has 0 radical (unpaired) electrons. The minimum Gasteiger partial charge on any atom is -0.395 e. The van der Waals surface area contributed by atoms with Gasteiger partial charge in [0.25, 0.3) is 0 Å². The minimum atomic E-state index is -3.77. The highest BCUT2D eigenvalue weighted by Crippen LogP contribution is 2.30. The van der Waals surface area contributed by atoms with Crippen molar-refractivity contribution in [3.05, 3.63) is 48.5 Å². The highest BCUT2D eigenvalue weighted by Gasteiger charge is 2.20. The molecule has 132 valence electrons. The fraction of sp³-hybridized carbons (Fsp3) is 0.118. The van der Waals surface area contributed by atoms with E-state index in [0.29, 0.717) is 21.9 Å². The highest BCUT2D eigenvalue weighted by molar-refractivity contribution is 7.91. The molecule has 0 saturated carbocycles. The van der Waals surface area contributed by atoms with Crippen LogP contribution in [0.4, 0.5) is 10.9 Å². The number of para-hydroxylation sites is 2. The fourth-order valence-corrected chi connectivity index (χ4v) is 4.28. The molecule has 2 N–H and O–H groups in total. The van der Waals surface area contributed by atoms with E-state index >= 15 is 0 Å². The summed E-state index contributed by atoms with van der Waals surface area (Å²) in [6, 6.07) is 14.9. The summed E-state index contributed by atoms with van der Waals surface area (Å²) >= 11 is 1.45. The fourth-order valence-electron chi connectivity index (χ4n) is 2.53. The molecule has 0 unspecified atom stereocenters. The van der Waals surface area contributed by atoms with Crippen LogP contribution >= 0.6 is 11.3 Å². The molecule has 2 heterocycles. The van der Waals surface area contributed by atoms with Crippen molar-refractivity contribution in [2.75, 3.05) is 17.7 Å². The number of thiazole rings is 1. The lowest BCUT2D eigenvalue weighted by molar-refractivity contribution is 0.319. The number of fused-ring (bicyclic) bond motifs is 2. The number of benzene rings is 2. The first kappa shape index (κ1) is 16.8. The van der Waals surface area contributed by atoms with E-state index in [0.717, 1.165) is 10.2 Å². The van der Waals surface area contributed by atoms with Crippen LogP contribution in [0.15, 0.2) is 53.7 Å². The van der Waals surface area contributed by atoms with Gasteiger partial charge in [-0.05, 0) is 24.3 Å². The number of hydrogen-bond acceptors (Lipinski definition) is 8. The van der Waals surface area contributed by atoms with Crippen molar-refractivity contribution in [1.82, 2.24) is 15.0 Å². The normalized spacial score (nSPS) is 11.9. The maximum Gasteiger partial charge on any atom is 0.249 e. The largest absolute Gasteiger partial charge is 0.395 e. The van der Waals surface area contributed by atoms with Crippen molar-refractivity contribution >= 4 is 53.2 Å². The van der Waals surface area contributed by atoms with Crippen LogP contribution in [-0.2, 0) is 9.84 Å². The molecule has 9 heteroatoms. The lowest BCUT2D eigenvalue weighted by atomic mass is 10.2. The monoisotopic (exact) mass is 386 g/mol. The van der Waals surface area contributed by atoms with Gasteiger partial charge >= 0.3 is 0 Å². The van der Waals surface area contributed by atoms with Gasteiger partial charge in [-0.15, -0.1) is 0 Å². The second kappa shape index (κ2) is 6.60. The third-order valence-electron chi connectivity index (χ3n) is 3.74.